The molecule has 0 fully saturated rings. The second kappa shape index (κ2) is 3.99. The van der Waals surface area contributed by atoms with Crippen LogP contribution in [0.4, 0.5) is 0 Å². The number of aryl methyl sites for hydroxylation is 2. The molecule has 1 aromatic heterocycles. The van der Waals surface area contributed by atoms with E-state index in [2.05, 4.69) is 9.97 Å². The minimum Gasteiger partial charge on any atom is -0.239 e. The van der Waals surface area contributed by atoms with Crippen LogP contribution in [0.15, 0.2) is 30.3 Å². The number of halogens is 1. The average Bonchev–Trinajstić information content (AvgIpc) is 2.17. The van der Waals surface area contributed by atoms with Gasteiger partial charge in [-0.05, 0) is 32.0 Å². The fourth-order valence-electron chi connectivity index (χ4n) is 1.49. The van der Waals surface area contributed by atoms with Gasteiger partial charge in [0.25, 0.3) is 0 Å². The summed E-state index contributed by atoms with van der Waals surface area (Å²) in [5.41, 5.74) is 2.98. The fourth-order valence-corrected chi connectivity index (χ4v) is 1.61. The molecule has 0 atom stereocenters. The van der Waals surface area contributed by atoms with Gasteiger partial charge in [-0.25, -0.2) is 9.97 Å². The van der Waals surface area contributed by atoms with Crippen LogP contribution in [0.5, 0.6) is 0 Å². The highest BCUT2D eigenvalue weighted by atomic mass is 35.5. The van der Waals surface area contributed by atoms with E-state index in [9.17, 15) is 0 Å². The summed E-state index contributed by atoms with van der Waals surface area (Å²) in [6, 6.07) is 9.62. The first-order chi connectivity index (χ1) is 7.15. The Morgan fingerprint density at radius 1 is 1.00 bits per heavy atom. The smallest absolute Gasteiger partial charge is 0.126 e. The van der Waals surface area contributed by atoms with E-state index in [1.807, 2.05) is 44.2 Å². The lowest BCUT2D eigenvalue weighted by Crippen LogP contribution is -1.93. The van der Waals surface area contributed by atoms with E-state index in [1.165, 1.54) is 0 Å². The van der Waals surface area contributed by atoms with Crippen molar-refractivity contribution in [1.82, 2.24) is 9.97 Å². The molecule has 15 heavy (non-hydrogen) atoms. The van der Waals surface area contributed by atoms with Gasteiger partial charge in [-0.1, -0.05) is 23.7 Å². The first-order valence-corrected chi connectivity index (χ1v) is 5.11. The van der Waals surface area contributed by atoms with Crippen LogP contribution in [-0.2, 0) is 0 Å². The molecular weight excluding hydrogens is 208 g/mol. The van der Waals surface area contributed by atoms with Crippen molar-refractivity contribution in [3.63, 3.8) is 0 Å². The largest absolute Gasteiger partial charge is 0.239 e. The van der Waals surface area contributed by atoms with Gasteiger partial charge in [-0.2, -0.15) is 0 Å². The maximum atomic E-state index is 5.83. The first-order valence-electron chi connectivity index (χ1n) is 4.73. The molecule has 0 unspecified atom stereocenters. The molecule has 0 bridgehead atoms. The lowest BCUT2D eigenvalue weighted by atomic mass is 10.1. The van der Waals surface area contributed by atoms with Crippen molar-refractivity contribution in [3.8, 4) is 11.3 Å². The van der Waals surface area contributed by atoms with Crippen LogP contribution < -0.4 is 0 Å². The maximum Gasteiger partial charge on any atom is 0.126 e. The Balaban J connectivity index is 2.49. The van der Waals surface area contributed by atoms with Crippen molar-refractivity contribution < 1.29 is 0 Å². The van der Waals surface area contributed by atoms with Gasteiger partial charge in [-0.3, -0.25) is 0 Å². The Bertz CT molecular complexity index is 457. The topological polar surface area (TPSA) is 25.8 Å². The summed E-state index contributed by atoms with van der Waals surface area (Å²) in [5, 5.41) is 0.737. The zero-order valence-electron chi connectivity index (χ0n) is 8.66. The Morgan fingerprint density at radius 3 is 2.27 bits per heavy atom. The standard InChI is InChI=1S/C12H11ClN2/c1-8-7-12(15-9(2)14-8)10-3-5-11(13)6-4-10/h3-7H,1-2H3. The van der Waals surface area contributed by atoms with Crippen LogP contribution in [0.1, 0.15) is 11.5 Å². The Labute approximate surface area is 94.0 Å². The maximum absolute atomic E-state index is 5.83. The Hall–Kier alpha value is -1.41. The van der Waals surface area contributed by atoms with Crippen LogP contribution in [0.3, 0.4) is 0 Å². The lowest BCUT2D eigenvalue weighted by Gasteiger charge is -2.03. The van der Waals surface area contributed by atoms with E-state index in [4.69, 9.17) is 11.6 Å². The minimum absolute atomic E-state index is 0.737. The molecule has 1 aromatic carbocycles. The van der Waals surface area contributed by atoms with E-state index in [0.29, 0.717) is 0 Å². The second-order valence-electron chi connectivity index (χ2n) is 3.45. The zero-order valence-corrected chi connectivity index (χ0v) is 9.42. The predicted molar refractivity (Wildman–Crippen MR) is 62.0 cm³/mol. The van der Waals surface area contributed by atoms with Crippen molar-refractivity contribution in [2.24, 2.45) is 0 Å². The van der Waals surface area contributed by atoms with Gasteiger partial charge in [0.1, 0.15) is 5.82 Å². The van der Waals surface area contributed by atoms with Crippen LogP contribution in [0.25, 0.3) is 11.3 Å². The van der Waals surface area contributed by atoms with Gasteiger partial charge in [0.15, 0.2) is 0 Å². The summed E-state index contributed by atoms with van der Waals surface area (Å²) in [4.78, 5) is 8.62. The number of nitrogens with zero attached hydrogens (tertiary/aromatic N) is 2. The van der Waals surface area contributed by atoms with E-state index in [0.717, 1.165) is 27.8 Å². The molecule has 3 heteroatoms. The Kier molecular flexibility index (Phi) is 2.69. The van der Waals surface area contributed by atoms with Gasteiger partial charge in [0, 0.05) is 16.3 Å². The second-order valence-corrected chi connectivity index (χ2v) is 3.89. The van der Waals surface area contributed by atoms with Gasteiger partial charge in [0.05, 0.1) is 5.69 Å². The fraction of sp³-hybridized carbons (Fsp3) is 0.167. The number of hydrogen-bond acceptors (Lipinski definition) is 2. The molecule has 2 nitrogen and oxygen atoms in total. The summed E-state index contributed by atoms with van der Waals surface area (Å²) in [6.07, 6.45) is 0. The quantitative estimate of drug-likeness (QED) is 0.733. The highest BCUT2D eigenvalue weighted by Gasteiger charge is 2.01. The molecule has 0 saturated heterocycles. The summed E-state index contributed by atoms with van der Waals surface area (Å²) in [7, 11) is 0. The molecule has 2 rings (SSSR count). The molecule has 0 amide bonds. The molecular formula is C12H11ClN2. The normalized spacial score (nSPS) is 10.3. The van der Waals surface area contributed by atoms with Gasteiger partial charge in [0.2, 0.25) is 0 Å². The highest BCUT2D eigenvalue weighted by Crippen LogP contribution is 2.20. The van der Waals surface area contributed by atoms with E-state index in [-0.39, 0.29) is 0 Å². The molecule has 0 N–H and O–H groups in total. The van der Waals surface area contributed by atoms with Crippen LogP contribution in [0.2, 0.25) is 5.02 Å². The molecule has 0 aliphatic rings. The zero-order chi connectivity index (χ0) is 10.8. The minimum atomic E-state index is 0.737. The van der Waals surface area contributed by atoms with E-state index >= 15 is 0 Å². The molecule has 0 saturated carbocycles. The molecule has 76 valence electrons. The number of benzene rings is 1. The van der Waals surface area contributed by atoms with Crippen molar-refractivity contribution >= 4 is 11.6 Å². The third-order valence-electron chi connectivity index (χ3n) is 2.11. The number of hydrogen-bond donors (Lipinski definition) is 0. The molecule has 0 spiro atoms. The van der Waals surface area contributed by atoms with Crippen molar-refractivity contribution in [2.75, 3.05) is 0 Å². The predicted octanol–water partition coefficient (Wildman–Crippen LogP) is 3.41. The molecule has 1 heterocycles. The molecule has 0 aliphatic carbocycles. The number of aromatic nitrogens is 2. The van der Waals surface area contributed by atoms with Crippen molar-refractivity contribution in [2.45, 2.75) is 13.8 Å². The SMILES string of the molecule is Cc1cc(-c2ccc(Cl)cc2)nc(C)n1. The van der Waals surface area contributed by atoms with Crippen molar-refractivity contribution in [1.29, 1.82) is 0 Å². The van der Waals surface area contributed by atoms with Crippen LogP contribution in [-0.4, -0.2) is 9.97 Å². The lowest BCUT2D eigenvalue weighted by molar-refractivity contribution is 1.02. The van der Waals surface area contributed by atoms with Gasteiger partial charge < -0.3 is 0 Å². The molecule has 0 radical (unpaired) electrons. The summed E-state index contributed by atoms with van der Waals surface area (Å²) in [6.45, 7) is 3.86. The van der Waals surface area contributed by atoms with Crippen molar-refractivity contribution in [3.05, 3.63) is 46.9 Å². The Morgan fingerprint density at radius 2 is 1.67 bits per heavy atom. The van der Waals surface area contributed by atoms with Gasteiger partial charge in [-0.15, -0.1) is 0 Å². The summed E-state index contributed by atoms with van der Waals surface area (Å²) in [5.74, 6) is 0.792. The third-order valence-corrected chi connectivity index (χ3v) is 2.36. The highest BCUT2D eigenvalue weighted by molar-refractivity contribution is 6.30. The van der Waals surface area contributed by atoms with Crippen LogP contribution >= 0.6 is 11.6 Å². The number of rotatable bonds is 1. The molecule has 2 aromatic rings. The summed E-state index contributed by atoms with van der Waals surface area (Å²) >= 11 is 5.83. The van der Waals surface area contributed by atoms with E-state index < -0.39 is 0 Å². The first kappa shape index (κ1) is 10.1. The van der Waals surface area contributed by atoms with E-state index in [1.54, 1.807) is 0 Å². The third kappa shape index (κ3) is 2.34. The average molecular weight is 219 g/mol. The monoisotopic (exact) mass is 218 g/mol. The van der Waals surface area contributed by atoms with Gasteiger partial charge >= 0.3 is 0 Å². The molecule has 0 aliphatic heterocycles. The van der Waals surface area contributed by atoms with Crippen LogP contribution in [0, 0.1) is 13.8 Å². The summed E-state index contributed by atoms with van der Waals surface area (Å²) < 4.78 is 0.